The molecule has 0 radical (unpaired) electrons. The molecule has 0 aliphatic carbocycles. The summed E-state index contributed by atoms with van der Waals surface area (Å²) in [6.45, 7) is 6.26. The minimum absolute atomic E-state index is 0.115. The minimum Gasteiger partial charge on any atom is -0.349 e. The number of carbonyl (C=O) groups is 1. The van der Waals surface area contributed by atoms with Crippen molar-refractivity contribution in [2.24, 2.45) is 11.7 Å². The van der Waals surface area contributed by atoms with Crippen molar-refractivity contribution < 1.29 is 4.79 Å². The lowest BCUT2D eigenvalue weighted by molar-refractivity contribution is -0.123. The largest absolute Gasteiger partial charge is 0.349 e. The molecule has 1 heterocycles. The summed E-state index contributed by atoms with van der Waals surface area (Å²) >= 11 is 1.58. The van der Waals surface area contributed by atoms with Gasteiger partial charge in [-0.15, -0.1) is 11.3 Å². The number of hydrogen-bond acceptors (Lipinski definition) is 4. The molecule has 4 nitrogen and oxygen atoms in total. The molecule has 0 aliphatic rings. The molecule has 15 heavy (non-hydrogen) atoms. The van der Waals surface area contributed by atoms with Gasteiger partial charge in [0.15, 0.2) is 0 Å². The Morgan fingerprint density at radius 2 is 2.33 bits per heavy atom. The highest BCUT2D eigenvalue weighted by atomic mass is 32.1. The summed E-state index contributed by atoms with van der Waals surface area (Å²) < 4.78 is 0. The lowest BCUT2D eigenvalue weighted by Gasteiger charge is -2.14. The second kappa shape index (κ2) is 5.23. The first-order valence-electron chi connectivity index (χ1n) is 4.95. The highest BCUT2D eigenvalue weighted by Gasteiger charge is 2.16. The summed E-state index contributed by atoms with van der Waals surface area (Å²) in [5.41, 5.74) is 6.59. The SMILES string of the molecule is Cc1nc(CNC(=O)[C@H](N)C(C)C)cs1. The van der Waals surface area contributed by atoms with Gasteiger partial charge in [-0.25, -0.2) is 4.98 Å². The summed E-state index contributed by atoms with van der Waals surface area (Å²) in [7, 11) is 0. The van der Waals surface area contributed by atoms with Crippen LogP contribution in [0.3, 0.4) is 0 Å². The number of thiazole rings is 1. The van der Waals surface area contributed by atoms with Gasteiger partial charge in [0.25, 0.3) is 0 Å². The van der Waals surface area contributed by atoms with E-state index >= 15 is 0 Å². The molecule has 1 aromatic heterocycles. The Kier molecular flexibility index (Phi) is 4.23. The molecule has 1 amide bonds. The summed E-state index contributed by atoms with van der Waals surface area (Å²) in [4.78, 5) is 15.8. The topological polar surface area (TPSA) is 68.0 Å². The first-order valence-corrected chi connectivity index (χ1v) is 5.83. The average Bonchev–Trinajstić information content (AvgIpc) is 2.59. The third kappa shape index (κ3) is 3.60. The zero-order chi connectivity index (χ0) is 11.4. The van der Waals surface area contributed by atoms with Crippen LogP contribution in [0.1, 0.15) is 24.5 Å². The van der Waals surface area contributed by atoms with E-state index in [1.54, 1.807) is 11.3 Å². The van der Waals surface area contributed by atoms with Crippen LogP contribution in [0.4, 0.5) is 0 Å². The predicted molar refractivity (Wildman–Crippen MR) is 61.5 cm³/mol. The van der Waals surface area contributed by atoms with Gasteiger partial charge in [0.1, 0.15) is 0 Å². The van der Waals surface area contributed by atoms with Crippen LogP contribution in [0, 0.1) is 12.8 Å². The number of carbonyl (C=O) groups excluding carboxylic acids is 1. The van der Waals surface area contributed by atoms with Gasteiger partial charge in [0.2, 0.25) is 5.91 Å². The van der Waals surface area contributed by atoms with E-state index in [0.717, 1.165) is 10.7 Å². The normalized spacial score (nSPS) is 12.9. The van der Waals surface area contributed by atoms with E-state index in [9.17, 15) is 4.79 Å². The molecule has 3 N–H and O–H groups in total. The zero-order valence-electron chi connectivity index (χ0n) is 9.28. The summed E-state index contributed by atoms with van der Waals surface area (Å²) in [5.74, 6) is 0.0397. The molecule has 1 aromatic rings. The molecule has 84 valence electrons. The van der Waals surface area contributed by atoms with E-state index in [4.69, 9.17) is 5.73 Å². The number of rotatable bonds is 4. The van der Waals surface area contributed by atoms with E-state index < -0.39 is 6.04 Å². The Morgan fingerprint density at radius 3 is 2.80 bits per heavy atom. The van der Waals surface area contributed by atoms with Crippen LogP contribution in [0.15, 0.2) is 5.38 Å². The molecule has 0 aromatic carbocycles. The quantitative estimate of drug-likeness (QED) is 0.808. The first-order chi connectivity index (χ1) is 7.00. The molecule has 0 aliphatic heterocycles. The molecule has 0 bridgehead atoms. The first kappa shape index (κ1) is 12.1. The second-order valence-electron chi connectivity index (χ2n) is 3.85. The molecule has 0 saturated heterocycles. The van der Waals surface area contributed by atoms with Crippen molar-refractivity contribution in [3.8, 4) is 0 Å². The maximum Gasteiger partial charge on any atom is 0.237 e. The fraction of sp³-hybridized carbons (Fsp3) is 0.600. The van der Waals surface area contributed by atoms with Gasteiger partial charge in [0, 0.05) is 5.38 Å². The van der Waals surface area contributed by atoms with Crippen molar-refractivity contribution in [2.75, 3.05) is 0 Å². The Balaban J connectivity index is 2.40. The number of aryl methyl sites for hydroxylation is 1. The summed E-state index contributed by atoms with van der Waals surface area (Å²) in [6.07, 6.45) is 0. The van der Waals surface area contributed by atoms with Gasteiger partial charge >= 0.3 is 0 Å². The molecular weight excluding hydrogens is 210 g/mol. The van der Waals surface area contributed by atoms with Gasteiger partial charge in [-0.1, -0.05) is 13.8 Å². The van der Waals surface area contributed by atoms with Gasteiger partial charge in [0.05, 0.1) is 23.3 Å². The number of aromatic nitrogens is 1. The third-order valence-electron chi connectivity index (χ3n) is 2.13. The minimum atomic E-state index is -0.440. The maximum atomic E-state index is 11.5. The smallest absolute Gasteiger partial charge is 0.237 e. The van der Waals surface area contributed by atoms with Crippen molar-refractivity contribution in [1.82, 2.24) is 10.3 Å². The maximum absolute atomic E-state index is 11.5. The van der Waals surface area contributed by atoms with E-state index in [-0.39, 0.29) is 11.8 Å². The van der Waals surface area contributed by atoms with E-state index in [0.29, 0.717) is 6.54 Å². The van der Waals surface area contributed by atoms with Crippen LogP contribution in [0.25, 0.3) is 0 Å². The summed E-state index contributed by atoms with van der Waals surface area (Å²) in [5, 5.41) is 5.72. The molecular formula is C10H17N3OS. The van der Waals surface area contributed by atoms with E-state index in [2.05, 4.69) is 10.3 Å². The Labute approximate surface area is 93.9 Å². The second-order valence-corrected chi connectivity index (χ2v) is 4.91. The molecule has 1 atom stereocenters. The standard InChI is InChI=1S/C10H17N3OS/c1-6(2)9(11)10(14)12-4-8-5-15-7(3)13-8/h5-6,9H,4,11H2,1-3H3,(H,12,14)/t9-/m1/s1. The molecule has 0 fully saturated rings. The Bertz CT molecular complexity index is 335. The highest BCUT2D eigenvalue weighted by molar-refractivity contribution is 7.09. The molecule has 0 unspecified atom stereocenters. The fourth-order valence-electron chi connectivity index (χ4n) is 1.09. The zero-order valence-corrected chi connectivity index (χ0v) is 10.1. The van der Waals surface area contributed by atoms with Crippen molar-refractivity contribution in [3.05, 3.63) is 16.1 Å². The van der Waals surface area contributed by atoms with E-state index in [1.165, 1.54) is 0 Å². The van der Waals surface area contributed by atoms with Crippen LogP contribution in [-0.2, 0) is 11.3 Å². The molecule has 0 saturated carbocycles. The predicted octanol–water partition coefficient (Wildman–Crippen LogP) is 1.05. The number of nitrogens with two attached hydrogens (primary N) is 1. The van der Waals surface area contributed by atoms with Gasteiger partial charge in [-0.3, -0.25) is 4.79 Å². The van der Waals surface area contributed by atoms with Gasteiger partial charge in [-0.2, -0.15) is 0 Å². The Hall–Kier alpha value is -0.940. The van der Waals surface area contributed by atoms with Crippen LogP contribution >= 0.6 is 11.3 Å². The van der Waals surface area contributed by atoms with Gasteiger partial charge in [-0.05, 0) is 12.8 Å². The van der Waals surface area contributed by atoms with Crippen LogP contribution < -0.4 is 11.1 Å². The van der Waals surface area contributed by atoms with Crippen LogP contribution in [0.2, 0.25) is 0 Å². The fourth-order valence-corrected chi connectivity index (χ4v) is 1.70. The number of nitrogens with one attached hydrogen (secondary N) is 1. The van der Waals surface area contributed by atoms with Crippen molar-refractivity contribution in [1.29, 1.82) is 0 Å². The lowest BCUT2D eigenvalue weighted by atomic mass is 10.1. The number of nitrogens with zero attached hydrogens (tertiary/aromatic N) is 1. The molecule has 0 spiro atoms. The Morgan fingerprint density at radius 1 is 1.67 bits per heavy atom. The lowest BCUT2D eigenvalue weighted by Crippen LogP contribution is -2.43. The van der Waals surface area contributed by atoms with Crippen LogP contribution in [-0.4, -0.2) is 16.9 Å². The highest BCUT2D eigenvalue weighted by Crippen LogP contribution is 2.07. The van der Waals surface area contributed by atoms with Crippen molar-refractivity contribution in [3.63, 3.8) is 0 Å². The van der Waals surface area contributed by atoms with Crippen molar-refractivity contribution >= 4 is 17.2 Å². The average molecular weight is 227 g/mol. The summed E-state index contributed by atoms with van der Waals surface area (Å²) in [6, 6.07) is -0.440. The number of hydrogen-bond donors (Lipinski definition) is 2. The van der Waals surface area contributed by atoms with Gasteiger partial charge < -0.3 is 11.1 Å². The monoisotopic (exact) mass is 227 g/mol. The third-order valence-corrected chi connectivity index (χ3v) is 2.95. The van der Waals surface area contributed by atoms with Crippen LogP contribution in [0.5, 0.6) is 0 Å². The van der Waals surface area contributed by atoms with Crippen molar-refractivity contribution in [2.45, 2.75) is 33.4 Å². The molecule has 5 heteroatoms. The number of amides is 1. The van der Waals surface area contributed by atoms with E-state index in [1.807, 2.05) is 26.2 Å². The molecule has 1 rings (SSSR count).